The van der Waals surface area contributed by atoms with Gasteiger partial charge in [-0.2, -0.15) is 5.48 Å². The van der Waals surface area contributed by atoms with E-state index in [0.717, 1.165) is 29.0 Å². The fraction of sp³-hybridized carbons (Fsp3) is 0.375. The van der Waals surface area contributed by atoms with Crippen molar-refractivity contribution in [3.05, 3.63) is 107 Å². The van der Waals surface area contributed by atoms with Crippen LogP contribution in [0.2, 0.25) is 0 Å². The minimum atomic E-state index is -0.932. The molecule has 0 saturated carbocycles. The summed E-state index contributed by atoms with van der Waals surface area (Å²) in [4.78, 5) is 43.2. The third-order valence-electron chi connectivity index (χ3n) is 7.65. The van der Waals surface area contributed by atoms with E-state index in [1.807, 2.05) is 41.0 Å². The normalized spacial score (nSPS) is 15.0. The first kappa shape index (κ1) is 30.6. The van der Waals surface area contributed by atoms with E-state index in [-0.39, 0.29) is 30.3 Å². The van der Waals surface area contributed by atoms with Crippen molar-refractivity contribution in [1.82, 2.24) is 30.2 Å². The standard InChI is InChI=1S/C32H39N7O3S/c33-30(17-31(40)38-13-14-39-22-34-18-28(39)20-38)32(41)36-26(15-24-7-3-1-4-8-24)11-12-27(16-25-9-5-2-6-10-25)37-42-21-29-19-35-23-43-29/h1-10,18-19,22-23,26-27,30,37H,11-17,20-21,33H2,(H,36,41). The molecule has 0 bridgehead atoms. The highest BCUT2D eigenvalue weighted by Gasteiger charge is 2.26. The first-order chi connectivity index (χ1) is 21.0. The molecule has 1 aliphatic heterocycles. The topological polar surface area (TPSA) is 127 Å². The molecular formula is C32H39N7O3S. The molecule has 2 aromatic heterocycles. The van der Waals surface area contributed by atoms with E-state index in [1.165, 1.54) is 5.56 Å². The summed E-state index contributed by atoms with van der Waals surface area (Å²) in [6.07, 6.45) is 8.19. The largest absolute Gasteiger partial charge is 0.352 e. The van der Waals surface area contributed by atoms with Gasteiger partial charge >= 0.3 is 0 Å². The van der Waals surface area contributed by atoms with Gasteiger partial charge in [-0.1, -0.05) is 60.7 Å². The summed E-state index contributed by atoms with van der Waals surface area (Å²) in [5.41, 5.74) is 14.6. The van der Waals surface area contributed by atoms with Crippen LogP contribution in [0, 0.1) is 0 Å². The molecule has 11 heteroatoms. The number of hydrogen-bond acceptors (Lipinski definition) is 8. The van der Waals surface area contributed by atoms with Crippen molar-refractivity contribution in [2.24, 2.45) is 5.73 Å². The number of fused-ring (bicyclic) bond motifs is 1. The molecule has 0 fully saturated rings. The molecule has 10 nitrogen and oxygen atoms in total. The molecular weight excluding hydrogens is 562 g/mol. The molecule has 5 rings (SSSR count). The SMILES string of the molecule is NC(CC(=O)N1CCn2cncc2C1)C(=O)NC(CCC(Cc1ccccc1)NOCc1cncs1)Cc1ccccc1. The molecule has 226 valence electrons. The van der Waals surface area contributed by atoms with Crippen LogP contribution in [0.1, 0.15) is 41.0 Å². The van der Waals surface area contributed by atoms with E-state index in [0.29, 0.717) is 39.1 Å². The van der Waals surface area contributed by atoms with Crippen molar-refractivity contribution < 1.29 is 14.4 Å². The number of hydrogen-bond donors (Lipinski definition) is 3. The van der Waals surface area contributed by atoms with E-state index >= 15 is 0 Å². The zero-order valence-electron chi connectivity index (χ0n) is 24.2. The highest BCUT2D eigenvalue weighted by molar-refractivity contribution is 7.09. The van der Waals surface area contributed by atoms with Crippen molar-refractivity contribution in [3.8, 4) is 0 Å². The van der Waals surface area contributed by atoms with E-state index in [4.69, 9.17) is 10.6 Å². The minimum absolute atomic E-state index is 0.0216. The molecule has 43 heavy (non-hydrogen) atoms. The Morgan fingerprint density at radius 2 is 1.63 bits per heavy atom. The molecule has 0 aliphatic carbocycles. The molecule has 2 amide bonds. The average molecular weight is 602 g/mol. The van der Waals surface area contributed by atoms with Crippen LogP contribution in [0.25, 0.3) is 0 Å². The van der Waals surface area contributed by atoms with Crippen molar-refractivity contribution in [2.75, 3.05) is 6.54 Å². The second kappa shape index (κ2) is 15.5. The van der Waals surface area contributed by atoms with E-state index in [9.17, 15) is 9.59 Å². The first-order valence-electron chi connectivity index (χ1n) is 14.7. The highest BCUT2D eigenvalue weighted by Crippen LogP contribution is 2.16. The lowest BCUT2D eigenvalue weighted by Crippen LogP contribution is -2.49. The van der Waals surface area contributed by atoms with Gasteiger partial charge in [0.2, 0.25) is 11.8 Å². The van der Waals surface area contributed by atoms with Crippen LogP contribution in [0.4, 0.5) is 0 Å². The van der Waals surface area contributed by atoms with Gasteiger partial charge in [0.25, 0.3) is 0 Å². The smallest absolute Gasteiger partial charge is 0.237 e. The number of rotatable bonds is 15. The number of carbonyl (C=O) groups excluding carboxylic acids is 2. The summed E-state index contributed by atoms with van der Waals surface area (Å²) >= 11 is 1.55. The number of nitrogens with one attached hydrogen (secondary N) is 2. The Labute approximate surface area is 256 Å². The maximum Gasteiger partial charge on any atom is 0.237 e. The summed E-state index contributed by atoms with van der Waals surface area (Å²) in [5, 5.41) is 3.16. The van der Waals surface area contributed by atoms with Crippen LogP contribution in [0.15, 0.2) is 84.9 Å². The predicted octanol–water partition coefficient (Wildman–Crippen LogP) is 3.24. The number of thiazole rings is 1. The summed E-state index contributed by atoms with van der Waals surface area (Å²) in [7, 11) is 0. The fourth-order valence-electron chi connectivity index (χ4n) is 5.29. The van der Waals surface area contributed by atoms with Gasteiger partial charge in [-0.25, -0.2) is 4.98 Å². The van der Waals surface area contributed by atoms with E-state index in [2.05, 4.69) is 45.0 Å². The Morgan fingerprint density at radius 3 is 2.33 bits per heavy atom. The van der Waals surface area contributed by atoms with Gasteiger partial charge in [0.15, 0.2) is 0 Å². The lowest BCUT2D eigenvalue weighted by Gasteiger charge is -2.29. The molecule has 3 heterocycles. The number of hydroxylamine groups is 1. The summed E-state index contributed by atoms with van der Waals surface area (Å²) < 4.78 is 2.04. The highest BCUT2D eigenvalue weighted by atomic mass is 32.1. The third kappa shape index (κ3) is 9.29. The number of carbonyl (C=O) groups is 2. The Balaban J connectivity index is 1.19. The van der Waals surface area contributed by atoms with Crippen molar-refractivity contribution in [2.45, 2.75) is 69.9 Å². The van der Waals surface area contributed by atoms with E-state index in [1.54, 1.807) is 40.5 Å². The zero-order chi connectivity index (χ0) is 29.9. The van der Waals surface area contributed by atoms with Crippen LogP contribution in [0.5, 0.6) is 0 Å². The molecule has 2 aromatic carbocycles. The van der Waals surface area contributed by atoms with Crippen LogP contribution in [-0.2, 0) is 47.0 Å². The molecule has 3 atom stereocenters. The summed E-state index contributed by atoms with van der Waals surface area (Å²) in [6.45, 7) is 2.18. The fourth-order valence-corrected chi connectivity index (χ4v) is 5.79. The van der Waals surface area contributed by atoms with Crippen molar-refractivity contribution in [3.63, 3.8) is 0 Å². The van der Waals surface area contributed by atoms with Gasteiger partial charge in [-0.3, -0.25) is 19.4 Å². The molecule has 1 aliphatic rings. The summed E-state index contributed by atoms with van der Waals surface area (Å²) in [6, 6.07) is 19.3. The van der Waals surface area contributed by atoms with E-state index < -0.39 is 6.04 Å². The monoisotopic (exact) mass is 601 g/mol. The van der Waals surface area contributed by atoms with Gasteiger partial charge < -0.3 is 20.5 Å². The quantitative estimate of drug-likeness (QED) is 0.179. The molecule has 4 N–H and O–H groups in total. The number of nitrogens with zero attached hydrogens (tertiary/aromatic N) is 4. The zero-order valence-corrected chi connectivity index (χ0v) is 25.0. The second-order valence-electron chi connectivity index (χ2n) is 10.9. The van der Waals surface area contributed by atoms with Crippen LogP contribution >= 0.6 is 11.3 Å². The maximum atomic E-state index is 13.3. The first-order valence-corrected chi connectivity index (χ1v) is 15.6. The number of amides is 2. The number of benzene rings is 2. The third-order valence-corrected chi connectivity index (χ3v) is 8.41. The van der Waals surface area contributed by atoms with Crippen molar-refractivity contribution in [1.29, 1.82) is 0 Å². The Hall–Kier alpha value is -3.90. The number of imidazole rings is 1. The van der Waals surface area contributed by atoms with Crippen molar-refractivity contribution >= 4 is 23.2 Å². The number of nitrogens with two attached hydrogens (primary N) is 1. The number of aromatic nitrogens is 3. The van der Waals surface area contributed by atoms with Crippen LogP contribution < -0.4 is 16.5 Å². The minimum Gasteiger partial charge on any atom is -0.352 e. The van der Waals surface area contributed by atoms with Gasteiger partial charge in [-0.05, 0) is 36.8 Å². The van der Waals surface area contributed by atoms with Gasteiger partial charge in [-0.15, -0.1) is 11.3 Å². The lowest BCUT2D eigenvalue weighted by molar-refractivity contribution is -0.135. The van der Waals surface area contributed by atoms with Crippen LogP contribution in [-0.4, -0.2) is 55.9 Å². The average Bonchev–Trinajstić information content (AvgIpc) is 3.72. The van der Waals surface area contributed by atoms with Gasteiger partial charge in [0.05, 0.1) is 41.4 Å². The lowest BCUT2D eigenvalue weighted by atomic mass is 9.96. The molecule has 0 radical (unpaired) electrons. The molecule has 3 unspecified atom stereocenters. The van der Waals surface area contributed by atoms with Gasteiger partial charge in [0, 0.05) is 37.6 Å². The second-order valence-corrected chi connectivity index (χ2v) is 11.9. The Morgan fingerprint density at radius 1 is 0.930 bits per heavy atom. The molecule has 0 saturated heterocycles. The summed E-state index contributed by atoms with van der Waals surface area (Å²) in [5.74, 6) is -0.440. The maximum absolute atomic E-state index is 13.3. The Bertz CT molecular complexity index is 1420. The van der Waals surface area contributed by atoms with Gasteiger partial charge in [0.1, 0.15) is 6.61 Å². The molecule has 4 aromatic rings. The van der Waals surface area contributed by atoms with Crippen LogP contribution in [0.3, 0.4) is 0 Å². The molecule has 0 spiro atoms. The predicted molar refractivity (Wildman–Crippen MR) is 166 cm³/mol. The Kier molecular flexibility index (Phi) is 11.0.